The predicted octanol–water partition coefficient (Wildman–Crippen LogP) is 4.91. The third-order valence-electron chi connectivity index (χ3n) is 2.26. The van der Waals surface area contributed by atoms with E-state index >= 15 is 0 Å². The van der Waals surface area contributed by atoms with E-state index in [4.69, 9.17) is 11.6 Å². The lowest BCUT2D eigenvalue weighted by atomic mass is 10.1. The van der Waals surface area contributed by atoms with Crippen LogP contribution in [0.2, 0.25) is 5.02 Å². The maximum absolute atomic E-state index is 12.0. The zero-order valence-corrected chi connectivity index (χ0v) is 9.79. The minimum atomic E-state index is -4.71. The lowest BCUT2D eigenvalue weighted by Gasteiger charge is -2.10. The van der Waals surface area contributed by atoms with Gasteiger partial charge in [0.15, 0.2) is 0 Å². The Balaban J connectivity index is 2.32. The van der Waals surface area contributed by atoms with Crippen molar-refractivity contribution in [1.29, 1.82) is 0 Å². The van der Waals surface area contributed by atoms with Crippen LogP contribution >= 0.6 is 11.6 Å². The summed E-state index contributed by atoms with van der Waals surface area (Å²) in [4.78, 5) is 0. The molecule has 0 atom stereocenters. The molecule has 0 fully saturated rings. The Hall–Kier alpha value is -1.68. The monoisotopic (exact) mass is 272 g/mol. The fourth-order valence-electron chi connectivity index (χ4n) is 1.54. The second-order valence-corrected chi connectivity index (χ2v) is 3.96. The van der Waals surface area contributed by atoms with Crippen LogP contribution in [-0.4, -0.2) is 6.36 Å². The van der Waals surface area contributed by atoms with Crippen LogP contribution in [0.25, 0.3) is 11.1 Å². The zero-order chi connectivity index (χ0) is 13.2. The first-order chi connectivity index (χ1) is 8.46. The Bertz CT molecular complexity index is 538. The highest BCUT2D eigenvalue weighted by Gasteiger charge is 2.31. The second kappa shape index (κ2) is 4.90. The van der Waals surface area contributed by atoms with Gasteiger partial charge in [-0.3, -0.25) is 0 Å². The highest BCUT2D eigenvalue weighted by Crippen LogP contribution is 2.32. The highest BCUT2D eigenvalue weighted by atomic mass is 35.5. The van der Waals surface area contributed by atoms with Gasteiger partial charge < -0.3 is 4.74 Å². The molecule has 0 saturated heterocycles. The van der Waals surface area contributed by atoms with Crippen LogP contribution in [0.5, 0.6) is 5.75 Å². The van der Waals surface area contributed by atoms with Crippen LogP contribution in [0.1, 0.15) is 0 Å². The first-order valence-electron chi connectivity index (χ1n) is 5.06. The normalized spacial score (nSPS) is 11.3. The van der Waals surface area contributed by atoms with Gasteiger partial charge in [0.05, 0.1) is 5.02 Å². The van der Waals surface area contributed by atoms with E-state index in [-0.39, 0.29) is 10.8 Å². The number of benzene rings is 2. The van der Waals surface area contributed by atoms with Crippen LogP contribution in [0.3, 0.4) is 0 Å². The molecule has 2 rings (SSSR count). The van der Waals surface area contributed by atoms with E-state index in [0.29, 0.717) is 5.56 Å². The third kappa shape index (κ3) is 3.17. The van der Waals surface area contributed by atoms with Crippen molar-refractivity contribution in [2.24, 2.45) is 0 Å². The molecule has 0 bridgehead atoms. The van der Waals surface area contributed by atoms with Gasteiger partial charge in [-0.15, -0.1) is 13.2 Å². The number of halogens is 4. The molecule has 0 unspecified atom stereocenters. The van der Waals surface area contributed by atoms with E-state index in [9.17, 15) is 13.2 Å². The molecule has 94 valence electrons. The Morgan fingerprint density at radius 1 is 0.944 bits per heavy atom. The quantitative estimate of drug-likeness (QED) is 0.755. The highest BCUT2D eigenvalue weighted by molar-refractivity contribution is 6.33. The van der Waals surface area contributed by atoms with Crippen LogP contribution in [0.4, 0.5) is 13.2 Å². The summed E-state index contributed by atoms with van der Waals surface area (Å²) >= 11 is 5.95. The molecule has 0 aliphatic rings. The lowest BCUT2D eigenvalue weighted by Crippen LogP contribution is -2.17. The number of rotatable bonds is 2. The number of ether oxygens (including phenoxy) is 1. The average molecular weight is 273 g/mol. The van der Waals surface area contributed by atoms with Crippen molar-refractivity contribution >= 4 is 11.6 Å². The summed E-state index contributed by atoms with van der Waals surface area (Å²) in [5, 5.41) is 0.211. The molecule has 0 aliphatic heterocycles. The Labute approximate surface area is 107 Å². The lowest BCUT2D eigenvalue weighted by molar-refractivity contribution is -0.274. The van der Waals surface area contributed by atoms with Gasteiger partial charge in [-0.2, -0.15) is 0 Å². The summed E-state index contributed by atoms with van der Waals surface area (Å²) in [7, 11) is 0. The molecule has 5 heteroatoms. The maximum atomic E-state index is 12.0. The van der Waals surface area contributed by atoms with E-state index in [1.807, 2.05) is 30.3 Å². The van der Waals surface area contributed by atoms with Crippen LogP contribution < -0.4 is 4.74 Å². The van der Waals surface area contributed by atoms with Gasteiger partial charge in [-0.1, -0.05) is 41.9 Å². The second-order valence-electron chi connectivity index (χ2n) is 3.56. The van der Waals surface area contributed by atoms with Crippen molar-refractivity contribution in [3.63, 3.8) is 0 Å². The fourth-order valence-corrected chi connectivity index (χ4v) is 1.82. The molecule has 0 radical (unpaired) electrons. The zero-order valence-electron chi connectivity index (χ0n) is 9.04. The number of hydrogen-bond acceptors (Lipinski definition) is 1. The average Bonchev–Trinajstić information content (AvgIpc) is 2.28. The molecule has 18 heavy (non-hydrogen) atoms. The predicted molar refractivity (Wildman–Crippen MR) is 63.6 cm³/mol. The van der Waals surface area contributed by atoms with Gasteiger partial charge in [-0.25, -0.2) is 0 Å². The standard InChI is InChI=1S/C13H8ClF3O/c14-12-8-10(18-13(15,16)17)6-7-11(12)9-4-2-1-3-5-9/h1-8H. The molecule has 0 spiro atoms. The van der Waals surface area contributed by atoms with Gasteiger partial charge in [0.1, 0.15) is 5.75 Å². The van der Waals surface area contributed by atoms with Gasteiger partial charge >= 0.3 is 6.36 Å². The molecule has 2 aromatic carbocycles. The van der Waals surface area contributed by atoms with Crippen molar-refractivity contribution in [2.45, 2.75) is 6.36 Å². The summed E-state index contributed by atoms with van der Waals surface area (Å²) in [5.74, 6) is -0.327. The van der Waals surface area contributed by atoms with E-state index in [0.717, 1.165) is 11.6 Å². The molecule has 0 N–H and O–H groups in total. The molecule has 0 aromatic heterocycles. The van der Waals surface area contributed by atoms with Gasteiger partial charge in [0.25, 0.3) is 0 Å². The molecule has 0 aliphatic carbocycles. The molecular weight excluding hydrogens is 265 g/mol. The molecular formula is C13H8ClF3O. The van der Waals surface area contributed by atoms with Crippen molar-refractivity contribution in [3.8, 4) is 16.9 Å². The van der Waals surface area contributed by atoms with Gasteiger partial charge in [0, 0.05) is 5.56 Å². The van der Waals surface area contributed by atoms with Crippen LogP contribution in [0, 0.1) is 0 Å². The smallest absolute Gasteiger partial charge is 0.406 e. The van der Waals surface area contributed by atoms with Gasteiger partial charge in [-0.05, 0) is 23.8 Å². The summed E-state index contributed by atoms with van der Waals surface area (Å²) < 4.78 is 39.9. The van der Waals surface area contributed by atoms with Gasteiger partial charge in [0.2, 0.25) is 0 Å². The number of alkyl halides is 3. The first-order valence-corrected chi connectivity index (χ1v) is 5.44. The van der Waals surface area contributed by atoms with E-state index in [1.54, 1.807) is 0 Å². The third-order valence-corrected chi connectivity index (χ3v) is 2.57. The maximum Gasteiger partial charge on any atom is 0.573 e. The molecule has 1 nitrogen and oxygen atoms in total. The topological polar surface area (TPSA) is 9.23 Å². The summed E-state index contributed by atoms with van der Waals surface area (Å²) in [6, 6.07) is 13.0. The van der Waals surface area contributed by atoms with Crippen LogP contribution in [-0.2, 0) is 0 Å². The molecule has 0 amide bonds. The summed E-state index contributed by atoms with van der Waals surface area (Å²) in [6.45, 7) is 0. The minimum absolute atomic E-state index is 0.211. The minimum Gasteiger partial charge on any atom is -0.406 e. The largest absolute Gasteiger partial charge is 0.573 e. The summed E-state index contributed by atoms with van der Waals surface area (Å²) in [6.07, 6.45) is -4.71. The van der Waals surface area contributed by atoms with Crippen molar-refractivity contribution in [1.82, 2.24) is 0 Å². The van der Waals surface area contributed by atoms with Crippen molar-refractivity contribution in [3.05, 3.63) is 53.6 Å². The Morgan fingerprint density at radius 2 is 1.61 bits per heavy atom. The van der Waals surface area contributed by atoms with Crippen molar-refractivity contribution in [2.75, 3.05) is 0 Å². The van der Waals surface area contributed by atoms with E-state index < -0.39 is 6.36 Å². The molecule has 0 heterocycles. The fraction of sp³-hybridized carbons (Fsp3) is 0.0769. The first kappa shape index (κ1) is 12.8. The molecule has 0 saturated carbocycles. The SMILES string of the molecule is FC(F)(F)Oc1ccc(-c2ccccc2)c(Cl)c1. The van der Waals surface area contributed by atoms with E-state index in [2.05, 4.69) is 4.74 Å². The summed E-state index contributed by atoms with van der Waals surface area (Å²) in [5.41, 5.74) is 1.49. The Kier molecular flexibility index (Phi) is 3.48. The molecule has 2 aromatic rings. The number of hydrogen-bond donors (Lipinski definition) is 0. The van der Waals surface area contributed by atoms with E-state index in [1.165, 1.54) is 12.1 Å². The van der Waals surface area contributed by atoms with Crippen LogP contribution in [0.15, 0.2) is 48.5 Å². The van der Waals surface area contributed by atoms with Crippen molar-refractivity contribution < 1.29 is 17.9 Å². The Morgan fingerprint density at radius 3 is 2.17 bits per heavy atom.